The Labute approximate surface area is 102 Å². The molecule has 0 bridgehead atoms. The number of rotatable bonds is 3. The number of amides is 1. The number of carbonyl (C=O) groups is 1. The number of nitrogens with one attached hydrogen (secondary N) is 2. The zero-order valence-corrected chi connectivity index (χ0v) is 9.76. The molecule has 2 aromatic rings. The van der Waals surface area contributed by atoms with Crippen molar-refractivity contribution in [3.05, 3.63) is 23.5 Å². The smallest absolute Gasteiger partial charge is 0.336 e. The van der Waals surface area contributed by atoms with E-state index in [1.807, 2.05) is 6.07 Å². The molecule has 1 amide bonds. The predicted molar refractivity (Wildman–Crippen MR) is 61.0 cm³/mol. The van der Waals surface area contributed by atoms with Crippen LogP contribution in [-0.4, -0.2) is 32.8 Å². The van der Waals surface area contributed by atoms with E-state index >= 15 is 0 Å². The summed E-state index contributed by atoms with van der Waals surface area (Å²) in [7, 11) is 3.10. The zero-order valence-electron chi connectivity index (χ0n) is 9.76. The molecule has 0 fully saturated rings. The third kappa shape index (κ3) is 2.15. The first-order valence-electron chi connectivity index (χ1n) is 4.98. The van der Waals surface area contributed by atoms with Crippen LogP contribution >= 0.6 is 0 Å². The quantitative estimate of drug-likeness (QED) is 0.808. The van der Waals surface area contributed by atoms with Crippen LogP contribution in [0, 0.1) is 11.3 Å². The first-order valence-corrected chi connectivity index (χ1v) is 4.98. The molecule has 0 radical (unpaired) electrons. The number of aromatic nitrogens is 4. The number of aryl methyl sites for hydroxylation is 1. The highest BCUT2D eigenvalue weighted by Crippen LogP contribution is 2.10. The molecule has 2 N–H and O–H groups in total. The molecule has 0 saturated carbocycles. The molecule has 8 heteroatoms. The highest BCUT2D eigenvalue weighted by molar-refractivity contribution is 6.02. The molecule has 8 nitrogen and oxygen atoms in total. The highest BCUT2D eigenvalue weighted by atomic mass is 16.5. The van der Waals surface area contributed by atoms with Crippen LogP contribution in [0.5, 0.6) is 6.01 Å². The summed E-state index contributed by atoms with van der Waals surface area (Å²) in [5.74, 6) is -0.214. The Balaban J connectivity index is 2.16. The fraction of sp³-hybridized carbons (Fsp3) is 0.200. The molecule has 0 aliphatic heterocycles. The van der Waals surface area contributed by atoms with Gasteiger partial charge in [-0.05, 0) is 6.07 Å². The normalized spacial score (nSPS) is 9.83. The van der Waals surface area contributed by atoms with E-state index in [2.05, 4.69) is 20.5 Å². The van der Waals surface area contributed by atoms with Crippen LogP contribution in [0.25, 0.3) is 0 Å². The average molecular weight is 246 g/mol. The number of anilines is 1. The van der Waals surface area contributed by atoms with Gasteiger partial charge in [0.15, 0.2) is 0 Å². The zero-order chi connectivity index (χ0) is 13.1. The molecular formula is C10H10N6O2. The van der Waals surface area contributed by atoms with E-state index in [0.717, 1.165) is 0 Å². The summed E-state index contributed by atoms with van der Waals surface area (Å²) in [5, 5.41) is 17.5. The van der Waals surface area contributed by atoms with Gasteiger partial charge in [0.2, 0.25) is 5.95 Å². The van der Waals surface area contributed by atoms with Gasteiger partial charge in [-0.3, -0.25) is 10.1 Å². The molecule has 0 spiro atoms. The minimum Gasteiger partial charge on any atom is -0.466 e. The van der Waals surface area contributed by atoms with Gasteiger partial charge in [0.25, 0.3) is 5.91 Å². The van der Waals surface area contributed by atoms with Gasteiger partial charge in [-0.1, -0.05) is 0 Å². The molecule has 0 aliphatic rings. The summed E-state index contributed by atoms with van der Waals surface area (Å²) < 4.78 is 6.33. The second-order valence-corrected chi connectivity index (χ2v) is 3.46. The summed E-state index contributed by atoms with van der Waals surface area (Å²) in [5.41, 5.74) is 0.764. The molecule has 92 valence electrons. The second kappa shape index (κ2) is 4.58. The topological polar surface area (TPSA) is 109 Å². The number of hydrogen-bond acceptors (Lipinski definition) is 5. The molecule has 2 heterocycles. The number of aromatic amines is 1. The van der Waals surface area contributed by atoms with Gasteiger partial charge >= 0.3 is 6.01 Å². The SMILES string of the molecule is COc1n[nH]c(NC(=O)c2cc(C#N)cn2C)n1. The standard InChI is InChI=1S/C10H10N6O2/c1-16-5-6(4-11)3-7(16)8(17)12-9-13-10(18-2)15-14-9/h3,5H,1-2H3,(H2,12,13,14,15,17). The minimum atomic E-state index is -0.391. The maximum atomic E-state index is 11.9. The van der Waals surface area contributed by atoms with Gasteiger partial charge in [0, 0.05) is 13.2 Å². The number of nitrogens with zero attached hydrogens (tertiary/aromatic N) is 4. The lowest BCUT2D eigenvalue weighted by atomic mass is 10.3. The average Bonchev–Trinajstić information content (AvgIpc) is 2.95. The number of ether oxygens (including phenoxy) is 1. The van der Waals surface area contributed by atoms with Crippen molar-refractivity contribution in [3.8, 4) is 12.1 Å². The number of methoxy groups -OCH3 is 1. The van der Waals surface area contributed by atoms with Crippen LogP contribution in [0.1, 0.15) is 16.1 Å². The van der Waals surface area contributed by atoms with Crippen molar-refractivity contribution in [2.75, 3.05) is 12.4 Å². The van der Waals surface area contributed by atoms with Crippen LogP contribution in [0.3, 0.4) is 0 Å². The highest BCUT2D eigenvalue weighted by Gasteiger charge is 2.14. The molecule has 0 aromatic carbocycles. The van der Waals surface area contributed by atoms with Crippen molar-refractivity contribution in [3.63, 3.8) is 0 Å². The van der Waals surface area contributed by atoms with Crippen molar-refractivity contribution in [1.29, 1.82) is 5.26 Å². The van der Waals surface area contributed by atoms with Crippen molar-refractivity contribution in [2.45, 2.75) is 0 Å². The predicted octanol–water partition coefficient (Wildman–Crippen LogP) is 0.276. The van der Waals surface area contributed by atoms with Gasteiger partial charge in [-0.15, -0.1) is 5.10 Å². The largest absolute Gasteiger partial charge is 0.466 e. The minimum absolute atomic E-state index is 0.134. The van der Waals surface area contributed by atoms with Crippen molar-refractivity contribution >= 4 is 11.9 Å². The second-order valence-electron chi connectivity index (χ2n) is 3.46. The molecular weight excluding hydrogens is 236 g/mol. The van der Waals surface area contributed by atoms with E-state index in [1.165, 1.54) is 13.2 Å². The van der Waals surface area contributed by atoms with Gasteiger partial charge in [0.1, 0.15) is 11.8 Å². The van der Waals surface area contributed by atoms with Crippen LogP contribution in [0.2, 0.25) is 0 Å². The van der Waals surface area contributed by atoms with Crippen molar-refractivity contribution in [1.82, 2.24) is 19.7 Å². The molecule has 2 aromatic heterocycles. The Morgan fingerprint density at radius 1 is 1.67 bits per heavy atom. The molecule has 0 aliphatic carbocycles. The fourth-order valence-corrected chi connectivity index (χ4v) is 1.42. The molecule has 0 atom stereocenters. The Hall–Kier alpha value is -2.82. The Bertz CT molecular complexity index is 621. The monoisotopic (exact) mass is 246 g/mol. The van der Waals surface area contributed by atoms with Crippen molar-refractivity contribution < 1.29 is 9.53 Å². The van der Waals surface area contributed by atoms with Gasteiger partial charge in [0.05, 0.1) is 12.7 Å². The maximum Gasteiger partial charge on any atom is 0.336 e. The lowest BCUT2D eigenvalue weighted by molar-refractivity contribution is 0.101. The molecule has 2 rings (SSSR count). The Kier molecular flexibility index (Phi) is 2.97. The van der Waals surface area contributed by atoms with E-state index in [1.54, 1.807) is 17.8 Å². The van der Waals surface area contributed by atoms with E-state index in [9.17, 15) is 4.79 Å². The van der Waals surface area contributed by atoms with Crippen molar-refractivity contribution in [2.24, 2.45) is 7.05 Å². The molecule has 0 saturated heterocycles. The summed E-state index contributed by atoms with van der Waals surface area (Å²) in [4.78, 5) is 15.7. The summed E-state index contributed by atoms with van der Waals surface area (Å²) in [6.45, 7) is 0. The number of H-pyrrole nitrogens is 1. The third-order valence-electron chi connectivity index (χ3n) is 2.25. The Morgan fingerprint density at radius 3 is 3.00 bits per heavy atom. The number of carbonyl (C=O) groups excluding carboxylic acids is 1. The van der Waals surface area contributed by atoms with Crippen LogP contribution < -0.4 is 10.1 Å². The Morgan fingerprint density at radius 2 is 2.44 bits per heavy atom. The maximum absolute atomic E-state index is 11.9. The number of nitriles is 1. The summed E-state index contributed by atoms with van der Waals surface area (Å²) in [6.07, 6.45) is 1.57. The lowest BCUT2D eigenvalue weighted by Gasteiger charge is -2.01. The van der Waals surface area contributed by atoms with E-state index in [0.29, 0.717) is 11.3 Å². The first-order chi connectivity index (χ1) is 8.63. The lowest BCUT2D eigenvalue weighted by Crippen LogP contribution is -2.16. The summed E-state index contributed by atoms with van der Waals surface area (Å²) >= 11 is 0. The van der Waals surface area contributed by atoms with Crippen LogP contribution in [0.15, 0.2) is 12.3 Å². The molecule has 0 unspecified atom stereocenters. The molecule has 18 heavy (non-hydrogen) atoms. The van der Waals surface area contributed by atoms with Gasteiger partial charge in [-0.2, -0.15) is 10.2 Å². The first kappa shape index (κ1) is 11.7. The third-order valence-corrected chi connectivity index (χ3v) is 2.25. The van der Waals surface area contributed by atoms with Gasteiger partial charge < -0.3 is 9.30 Å². The summed E-state index contributed by atoms with van der Waals surface area (Å²) in [6, 6.07) is 3.59. The van der Waals surface area contributed by atoms with E-state index in [4.69, 9.17) is 10.00 Å². The van der Waals surface area contributed by atoms with E-state index < -0.39 is 5.91 Å². The van der Waals surface area contributed by atoms with Gasteiger partial charge in [-0.25, -0.2) is 5.10 Å². The van der Waals surface area contributed by atoms with Crippen LogP contribution in [-0.2, 0) is 7.05 Å². The van der Waals surface area contributed by atoms with E-state index in [-0.39, 0.29) is 12.0 Å². The number of hydrogen-bond donors (Lipinski definition) is 2. The van der Waals surface area contributed by atoms with Crippen LogP contribution in [0.4, 0.5) is 5.95 Å². The fourth-order valence-electron chi connectivity index (χ4n) is 1.42.